The molecule has 11 heavy (non-hydrogen) atoms. The van der Waals surface area contributed by atoms with Crippen LogP contribution in [0.1, 0.15) is 0 Å². The van der Waals surface area contributed by atoms with Gasteiger partial charge in [0.2, 0.25) is 0 Å². The molecule has 1 N–H and O–H groups in total. The van der Waals surface area contributed by atoms with Crippen LogP contribution in [0, 0.1) is 0 Å². The molecule has 0 saturated heterocycles. The highest BCUT2D eigenvalue weighted by molar-refractivity contribution is 5.63. The van der Waals surface area contributed by atoms with Crippen LogP contribution in [0.4, 0.5) is 0 Å². The number of fused-ring (bicyclic) bond motifs is 1. The molecule has 0 aliphatic carbocycles. The van der Waals surface area contributed by atoms with E-state index in [-0.39, 0.29) is 5.76 Å². The van der Waals surface area contributed by atoms with Crippen LogP contribution in [0.3, 0.4) is 0 Å². The summed E-state index contributed by atoms with van der Waals surface area (Å²) in [4.78, 5) is 5.98. The highest BCUT2D eigenvalue weighted by atomic mass is 16.3. The fraction of sp³-hybridized carbons (Fsp3) is 0.125. The molecule has 0 saturated carbocycles. The highest BCUT2D eigenvalue weighted by Gasteiger charge is 2.10. The van der Waals surface area contributed by atoms with E-state index in [1.54, 1.807) is 18.4 Å². The largest absolute Gasteiger partial charge is 0.508 e. The molecule has 0 unspecified atom stereocenters. The van der Waals surface area contributed by atoms with E-state index >= 15 is 0 Å². The fourth-order valence-corrected chi connectivity index (χ4v) is 1.08. The Morgan fingerprint density at radius 1 is 1.55 bits per heavy atom. The molecule has 0 fully saturated rings. The molecular formula is C8H8N2O. The number of nitrogens with zero attached hydrogens (tertiary/aromatic N) is 2. The van der Waals surface area contributed by atoms with Crippen molar-refractivity contribution >= 4 is 6.21 Å². The maximum Gasteiger partial charge on any atom is 0.119 e. The summed E-state index contributed by atoms with van der Waals surface area (Å²) in [6, 6.07) is 0. The predicted molar refractivity (Wildman–Crippen MR) is 43.1 cm³/mol. The molecule has 0 amide bonds. The normalized spacial score (nSPS) is 20.9. The number of aliphatic imine (C=N–C) groups is 1. The lowest BCUT2D eigenvalue weighted by Gasteiger charge is -2.23. The van der Waals surface area contributed by atoms with Crippen LogP contribution in [-0.2, 0) is 0 Å². The number of hydrogen-bond acceptors (Lipinski definition) is 3. The van der Waals surface area contributed by atoms with Gasteiger partial charge in [-0.3, -0.25) is 4.99 Å². The van der Waals surface area contributed by atoms with Crippen molar-refractivity contribution in [2.45, 2.75) is 0 Å². The van der Waals surface area contributed by atoms with Gasteiger partial charge in [-0.25, -0.2) is 0 Å². The zero-order valence-corrected chi connectivity index (χ0v) is 5.94. The van der Waals surface area contributed by atoms with E-state index in [1.807, 2.05) is 17.3 Å². The lowest BCUT2D eigenvalue weighted by Crippen LogP contribution is -2.22. The third-order valence-corrected chi connectivity index (χ3v) is 1.64. The average Bonchev–Trinajstić information content (AvgIpc) is 2.04. The van der Waals surface area contributed by atoms with Crippen LogP contribution in [0.15, 0.2) is 41.0 Å². The molecule has 2 aliphatic rings. The monoisotopic (exact) mass is 148 g/mol. The molecule has 3 nitrogen and oxygen atoms in total. The zero-order valence-electron chi connectivity index (χ0n) is 5.94. The second kappa shape index (κ2) is 2.27. The molecule has 56 valence electrons. The van der Waals surface area contributed by atoms with Gasteiger partial charge in [0.15, 0.2) is 0 Å². The first-order chi connectivity index (χ1) is 5.36. The third-order valence-electron chi connectivity index (χ3n) is 1.64. The Morgan fingerprint density at radius 3 is 3.36 bits per heavy atom. The van der Waals surface area contributed by atoms with Crippen LogP contribution < -0.4 is 0 Å². The van der Waals surface area contributed by atoms with Gasteiger partial charge in [-0.1, -0.05) is 0 Å². The van der Waals surface area contributed by atoms with Crippen LogP contribution in [0.2, 0.25) is 0 Å². The maximum absolute atomic E-state index is 9.10. The Bertz CT molecular complexity index is 286. The van der Waals surface area contributed by atoms with Crippen molar-refractivity contribution in [3.63, 3.8) is 0 Å². The number of rotatable bonds is 0. The van der Waals surface area contributed by atoms with E-state index in [0.29, 0.717) is 0 Å². The summed E-state index contributed by atoms with van der Waals surface area (Å²) < 4.78 is 0. The second-order valence-corrected chi connectivity index (χ2v) is 2.42. The van der Waals surface area contributed by atoms with E-state index in [2.05, 4.69) is 4.99 Å². The Kier molecular flexibility index (Phi) is 1.28. The van der Waals surface area contributed by atoms with Crippen molar-refractivity contribution in [2.24, 2.45) is 4.99 Å². The van der Waals surface area contributed by atoms with E-state index in [0.717, 1.165) is 12.2 Å². The minimum Gasteiger partial charge on any atom is -0.508 e. The minimum absolute atomic E-state index is 0.282. The Morgan fingerprint density at radius 2 is 2.45 bits per heavy atom. The molecule has 0 aromatic heterocycles. The van der Waals surface area contributed by atoms with Crippen LogP contribution >= 0.6 is 0 Å². The highest BCUT2D eigenvalue weighted by Crippen LogP contribution is 2.16. The molecule has 2 rings (SSSR count). The molecule has 2 heterocycles. The van der Waals surface area contributed by atoms with Gasteiger partial charge in [0, 0.05) is 18.5 Å². The van der Waals surface area contributed by atoms with Crippen molar-refractivity contribution in [1.82, 2.24) is 4.90 Å². The molecule has 0 atom stereocenters. The maximum atomic E-state index is 9.10. The van der Waals surface area contributed by atoms with Gasteiger partial charge in [0.1, 0.15) is 5.76 Å². The van der Waals surface area contributed by atoms with Gasteiger partial charge >= 0.3 is 0 Å². The molecular weight excluding hydrogens is 140 g/mol. The molecule has 3 heteroatoms. The van der Waals surface area contributed by atoms with E-state index in [4.69, 9.17) is 5.11 Å². The first-order valence-electron chi connectivity index (χ1n) is 3.43. The van der Waals surface area contributed by atoms with E-state index in [9.17, 15) is 0 Å². The topological polar surface area (TPSA) is 35.8 Å². The fourth-order valence-electron chi connectivity index (χ4n) is 1.08. The zero-order chi connectivity index (χ0) is 7.68. The first kappa shape index (κ1) is 6.22. The Labute approximate surface area is 64.7 Å². The number of aliphatic hydroxyl groups excluding tert-OH is 1. The third kappa shape index (κ3) is 1.05. The van der Waals surface area contributed by atoms with Gasteiger partial charge < -0.3 is 10.0 Å². The van der Waals surface area contributed by atoms with Crippen molar-refractivity contribution in [1.29, 1.82) is 0 Å². The molecule has 0 spiro atoms. The van der Waals surface area contributed by atoms with Crippen molar-refractivity contribution < 1.29 is 5.11 Å². The summed E-state index contributed by atoms with van der Waals surface area (Å²) in [5.74, 6) is 0.282. The van der Waals surface area contributed by atoms with Gasteiger partial charge in [-0.15, -0.1) is 0 Å². The minimum atomic E-state index is 0.282. The van der Waals surface area contributed by atoms with Crippen LogP contribution in [0.25, 0.3) is 0 Å². The lowest BCUT2D eigenvalue weighted by molar-refractivity contribution is 0.415. The summed E-state index contributed by atoms with van der Waals surface area (Å²) in [5, 5.41) is 9.10. The molecule has 2 aliphatic heterocycles. The molecule has 0 radical (unpaired) electrons. The lowest BCUT2D eigenvalue weighted by atomic mass is 10.2. The number of aliphatic hydroxyl groups is 1. The van der Waals surface area contributed by atoms with Crippen molar-refractivity contribution in [3.8, 4) is 0 Å². The SMILES string of the molecule is OC1=CC2=CN=CCN2C=C1. The summed E-state index contributed by atoms with van der Waals surface area (Å²) in [6.45, 7) is 0.784. The summed E-state index contributed by atoms with van der Waals surface area (Å²) in [5.41, 5.74) is 0.938. The second-order valence-electron chi connectivity index (χ2n) is 2.42. The van der Waals surface area contributed by atoms with Crippen molar-refractivity contribution in [3.05, 3.63) is 36.0 Å². The van der Waals surface area contributed by atoms with Crippen LogP contribution in [-0.4, -0.2) is 22.8 Å². The van der Waals surface area contributed by atoms with Crippen LogP contribution in [0.5, 0.6) is 0 Å². The molecule has 0 aromatic carbocycles. The Balaban J connectivity index is 2.35. The summed E-state index contributed by atoms with van der Waals surface area (Å²) in [6.07, 6.45) is 8.74. The van der Waals surface area contributed by atoms with Crippen molar-refractivity contribution in [2.75, 3.05) is 6.54 Å². The van der Waals surface area contributed by atoms with Gasteiger partial charge in [0.05, 0.1) is 18.4 Å². The predicted octanol–water partition coefficient (Wildman–Crippen LogP) is 1.18. The summed E-state index contributed by atoms with van der Waals surface area (Å²) >= 11 is 0. The van der Waals surface area contributed by atoms with Gasteiger partial charge in [0.25, 0.3) is 0 Å². The smallest absolute Gasteiger partial charge is 0.119 e. The number of hydrogen-bond donors (Lipinski definition) is 1. The first-order valence-corrected chi connectivity index (χ1v) is 3.43. The van der Waals surface area contributed by atoms with E-state index in [1.165, 1.54) is 0 Å². The van der Waals surface area contributed by atoms with Gasteiger partial charge in [-0.05, 0) is 6.08 Å². The number of allylic oxidation sites excluding steroid dienone is 2. The molecule has 0 bridgehead atoms. The Hall–Kier alpha value is -1.51. The standard InChI is InChI=1S/C8H8N2O/c11-8-1-3-10-4-2-9-6-7(10)5-8/h1-3,5-6,11H,4H2. The molecule has 0 aromatic rings. The van der Waals surface area contributed by atoms with Gasteiger partial charge in [-0.2, -0.15) is 0 Å². The van der Waals surface area contributed by atoms with E-state index < -0.39 is 0 Å². The summed E-state index contributed by atoms with van der Waals surface area (Å²) in [7, 11) is 0. The quantitative estimate of drug-likeness (QED) is 0.560. The average molecular weight is 148 g/mol.